The summed E-state index contributed by atoms with van der Waals surface area (Å²) in [7, 11) is 0. The molecule has 0 amide bonds. The fraction of sp³-hybridized carbons (Fsp3) is 0.933. The highest BCUT2D eigenvalue weighted by molar-refractivity contribution is 5.13. The minimum absolute atomic E-state index is 0.335. The molecule has 2 atom stereocenters. The summed E-state index contributed by atoms with van der Waals surface area (Å²) in [6, 6.07) is 0. The van der Waals surface area contributed by atoms with Crippen LogP contribution < -0.4 is 0 Å². The van der Waals surface area contributed by atoms with Gasteiger partial charge in [0, 0.05) is 6.42 Å². The molecule has 0 fully saturated rings. The van der Waals surface area contributed by atoms with Crippen molar-refractivity contribution in [2.24, 2.45) is 0 Å². The predicted molar refractivity (Wildman–Crippen MR) is 149 cm³/mol. The van der Waals surface area contributed by atoms with Crippen LogP contribution in [0.2, 0.25) is 0 Å². The first kappa shape index (κ1) is 37.1. The second-order valence-corrected chi connectivity index (χ2v) is 15.0. The molecule has 226 valence electrons. The zero-order valence-corrected chi connectivity index (χ0v) is 27.3. The molecule has 8 nitrogen and oxygen atoms in total. The van der Waals surface area contributed by atoms with Crippen molar-refractivity contribution < 1.29 is 39.1 Å². The van der Waals surface area contributed by atoms with Gasteiger partial charge in [-0.3, -0.25) is 4.89 Å². The zero-order valence-electron chi connectivity index (χ0n) is 27.3. The van der Waals surface area contributed by atoms with Gasteiger partial charge in [-0.1, -0.05) is 13.3 Å². The van der Waals surface area contributed by atoms with Crippen LogP contribution in [0.1, 0.15) is 143 Å². The Labute approximate surface area is 233 Å². The summed E-state index contributed by atoms with van der Waals surface area (Å²) in [5, 5.41) is 0. The minimum Gasteiger partial charge on any atom is -0.282 e. The Hall–Kier alpha value is -0.920. The van der Waals surface area contributed by atoms with E-state index in [-0.39, 0.29) is 0 Å². The molecule has 0 aromatic carbocycles. The molecule has 0 saturated heterocycles. The molecule has 0 radical (unpaired) electrons. The predicted octanol–water partition coefficient (Wildman–Crippen LogP) is 8.18. The van der Waals surface area contributed by atoms with Gasteiger partial charge in [-0.2, -0.15) is 4.89 Å². The second-order valence-electron chi connectivity index (χ2n) is 15.0. The maximum absolute atomic E-state index is 6.16. The Bertz CT molecular complexity index is 740. The van der Waals surface area contributed by atoms with Crippen molar-refractivity contribution in [2.45, 2.75) is 182 Å². The van der Waals surface area contributed by atoms with Crippen molar-refractivity contribution in [1.29, 1.82) is 0 Å². The molecule has 0 aliphatic heterocycles. The molecule has 0 aliphatic carbocycles. The average Bonchev–Trinajstić information content (AvgIpc) is 2.70. The first-order chi connectivity index (χ1) is 16.8. The normalized spacial score (nSPS) is 16.8. The van der Waals surface area contributed by atoms with E-state index in [1.54, 1.807) is 0 Å². The van der Waals surface area contributed by atoms with E-state index >= 15 is 0 Å². The fourth-order valence-corrected chi connectivity index (χ4v) is 2.99. The largest absolute Gasteiger partial charge is 0.282 e. The van der Waals surface area contributed by atoms with Crippen molar-refractivity contribution in [3.05, 3.63) is 0 Å². The molecule has 8 heteroatoms. The molecule has 0 saturated carbocycles. The molecule has 0 heterocycles. The topological polar surface area (TPSA) is 73.8 Å². The highest BCUT2D eigenvalue weighted by atomic mass is 17.2. The summed E-state index contributed by atoms with van der Waals surface area (Å²) in [6.45, 7) is 31.1. The van der Waals surface area contributed by atoms with Gasteiger partial charge >= 0.3 is 0 Å². The van der Waals surface area contributed by atoms with E-state index in [0.717, 1.165) is 6.42 Å². The van der Waals surface area contributed by atoms with Gasteiger partial charge < -0.3 is 0 Å². The van der Waals surface area contributed by atoms with Gasteiger partial charge in [0.25, 0.3) is 0 Å². The number of rotatable bonds is 14. The summed E-state index contributed by atoms with van der Waals surface area (Å²) < 4.78 is 0. The lowest BCUT2D eigenvalue weighted by molar-refractivity contribution is -0.431. The molecule has 0 aromatic heterocycles. The van der Waals surface area contributed by atoms with Crippen LogP contribution in [0.3, 0.4) is 0 Å². The van der Waals surface area contributed by atoms with Gasteiger partial charge in [-0.25, -0.2) is 29.3 Å². The first-order valence-electron chi connectivity index (χ1n) is 13.8. The summed E-state index contributed by atoms with van der Waals surface area (Å²) >= 11 is 0. The van der Waals surface area contributed by atoms with Crippen LogP contribution >= 0.6 is 0 Å². The van der Waals surface area contributed by atoms with Crippen LogP contribution in [0.4, 0.5) is 0 Å². The molecule has 0 aromatic rings. The van der Waals surface area contributed by atoms with Gasteiger partial charge in [-0.05, 0) is 129 Å². The van der Waals surface area contributed by atoms with Crippen molar-refractivity contribution >= 4 is 0 Å². The van der Waals surface area contributed by atoms with Crippen LogP contribution in [0, 0.1) is 12.0 Å². The average molecular weight is 547 g/mol. The van der Waals surface area contributed by atoms with E-state index in [4.69, 9.17) is 39.1 Å². The molecular weight excluding hydrogens is 488 g/mol. The Morgan fingerprint density at radius 2 is 0.921 bits per heavy atom. The van der Waals surface area contributed by atoms with Crippen LogP contribution in [0.5, 0.6) is 0 Å². The Morgan fingerprint density at radius 3 is 1.37 bits per heavy atom. The molecule has 0 aliphatic rings. The van der Waals surface area contributed by atoms with E-state index in [1.807, 2.05) is 104 Å². The Kier molecular flexibility index (Phi) is 13.8. The summed E-state index contributed by atoms with van der Waals surface area (Å²) in [4.78, 5) is 45.9. The lowest BCUT2D eigenvalue weighted by atomic mass is 9.81. The van der Waals surface area contributed by atoms with Gasteiger partial charge in [0.05, 0.1) is 22.4 Å². The Morgan fingerprint density at radius 1 is 0.474 bits per heavy atom. The quantitative estimate of drug-likeness (QED) is 0.123. The summed E-state index contributed by atoms with van der Waals surface area (Å²) in [5.74, 6) is 3.14. The van der Waals surface area contributed by atoms with E-state index in [0.29, 0.717) is 25.7 Å². The van der Waals surface area contributed by atoms with Gasteiger partial charge in [0.15, 0.2) is 11.7 Å². The van der Waals surface area contributed by atoms with Crippen molar-refractivity contribution in [3.8, 4) is 12.0 Å². The SMILES string of the molecule is CCCC(C#COOC(C)(C)C)(CC(C)(CCC(C)(C)OOC(C)(C)C)OOC(C)(C)C)OOC(C)(C)C. The monoisotopic (exact) mass is 546 g/mol. The lowest BCUT2D eigenvalue weighted by Crippen LogP contribution is -2.46. The van der Waals surface area contributed by atoms with Crippen LogP contribution in [0.15, 0.2) is 0 Å². The van der Waals surface area contributed by atoms with Crippen LogP contribution in [-0.4, -0.2) is 39.2 Å². The number of hydrogen-bond acceptors (Lipinski definition) is 8. The third-order valence-electron chi connectivity index (χ3n) is 4.64. The fourth-order valence-electron chi connectivity index (χ4n) is 2.99. The van der Waals surface area contributed by atoms with E-state index in [2.05, 4.69) is 19.0 Å². The molecule has 0 rings (SSSR count). The van der Waals surface area contributed by atoms with Crippen LogP contribution in [-0.2, 0) is 39.1 Å². The minimum atomic E-state index is -1.06. The zero-order chi connectivity index (χ0) is 30.1. The van der Waals surface area contributed by atoms with E-state index < -0.39 is 39.2 Å². The molecular formula is C30H58O8. The smallest absolute Gasteiger partial charge is 0.170 e. The lowest BCUT2D eigenvalue weighted by Gasteiger charge is -2.40. The first-order valence-corrected chi connectivity index (χ1v) is 13.8. The molecule has 0 bridgehead atoms. The van der Waals surface area contributed by atoms with Crippen molar-refractivity contribution in [1.82, 2.24) is 0 Å². The van der Waals surface area contributed by atoms with Crippen molar-refractivity contribution in [2.75, 3.05) is 0 Å². The van der Waals surface area contributed by atoms with E-state index in [9.17, 15) is 0 Å². The molecule has 2 unspecified atom stereocenters. The highest BCUT2D eigenvalue weighted by Gasteiger charge is 2.44. The molecule has 0 spiro atoms. The maximum atomic E-state index is 6.16. The molecule has 0 N–H and O–H groups in total. The third-order valence-corrected chi connectivity index (χ3v) is 4.64. The maximum Gasteiger partial charge on any atom is 0.170 e. The van der Waals surface area contributed by atoms with E-state index in [1.165, 1.54) is 0 Å². The summed E-state index contributed by atoms with van der Waals surface area (Å²) in [5.41, 5.74) is -4.48. The summed E-state index contributed by atoms with van der Waals surface area (Å²) in [6.07, 6.45) is 5.56. The van der Waals surface area contributed by atoms with Crippen molar-refractivity contribution in [3.63, 3.8) is 0 Å². The standard InChI is InChI=1S/C30H58O8/c1-17-18-30(38-35-27(11,12)13,21-22-31-32-24(2,3)4)23-29(16,37-34-26(8,9)10)20-19-28(14,15)36-33-25(5,6)7/h17-20,23H2,1-16H3. The second kappa shape index (κ2) is 14.1. The molecule has 38 heavy (non-hydrogen) atoms. The Balaban J connectivity index is 6.20. The van der Waals surface area contributed by atoms with Gasteiger partial charge in [-0.15, -0.1) is 0 Å². The van der Waals surface area contributed by atoms with Gasteiger partial charge in [0.2, 0.25) is 0 Å². The number of hydrogen-bond donors (Lipinski definition) is 0. The third kappa shape index (κ3) is 19.2. The highest BCUT2D eigenvalue weighted by Crippen LogP contribution is 2.38. The van der Waals surface area contributed by atoms with Crippen LogP contribution in [0.25, 0.3) is 0 Å². The van der Waals surface area contributed by atoms with Gasteiger partial charge in [0.1, 0.15) is 11.2 Å².